The Morgan fingerprint density at radius 3 is 2.21 bits per heavy atom. The van der Waals surface area contributed by atoms with Crippen LogP contribution < -0.4 is 17.2 Å². The van der Waals surface area contributed by atoms with Crippen molar-refractivity contribution >= 4 is 24.3 Å². The van der Waals surface area contributed by atoms with Gasteiger partial charge in [-0.15, -0.1) is 12.4 Å². The first-order valence-corrected chi connectivity index (χ1v) is 4.56. The summed E-state index contributed by atoms with van der Waals surface area (Å²) in [5, 5.41) is 0. The van der Waals surface area contributed by atoms with Gasteiger partial charge in [0.2, 0.25) is 5.96 Å². The van der Waals surface area contributed by atoms with Crippen LogP contribution in [0.4, 0.5) is 0 Å². The molecule has 0 fully saturated rings. The molecule has 0 saturated carbocycles. The van der Waals surface area contributed by atoms with E-state index in [-0.39, 0.29) is 24.3 Å². The molecule has 0 atom stereocenters. The van der Waals surface area contributed by atoms with Gasteiger partial charge in [0.1, 0.15) is 0 Å². The third kappa shape index (κ3) is 11.0. The molecule has 6 heteroatoms. The van der Waals surface area contributed by atoms with Gasteiger partial charge in [-0.3, -0.25) is 4.99 Å². The highest BCUT2D eigenvalue weighted by molar-refractivity contribution is 5.92. The largest absolute Gasteiger partial charge is 0.370 e. The Bertz CT molecular complexity index is 186. The lowest BCUT2D eigenvalue weighted by Crippen LogP contribution is -2.26. The van der Waals surface area contributed by atoms with Crippen molar-refractivity contribution in [3.63, 3.8) is 0 Å². The minimum atomic E-state index is -0.0465. The molecular weight excluding hydrogens is 202 g/mol. The van der Waals surface area contributed by atoms with E-state index in [4.69, 9.17) is 17.2 Å². The first kappa shape index (κ1) is 15.5. The maximum Gasteiger partial charge on any atom is 0.218 e. The van der Waals surface area contributed by atoms with Crippen LogP contribution in [0.15, 0.2) is 9.98 Å². The molecule has 0 rings (SSSR count). The van der Waals surface area contributed by atoms with E-state index in [1.165, 1.54) is 19.3 Å². The summed E-state index contributed by atoms with van der Waals surface area (Å²) in [7, 11) is 0. The molecule has 0 aliphatic rings. The second-order valence-corrected chi connectivity index (χ2v) is 2.84. The Morgan fingerprint density at radius 2 is 1.71 bits per heavy atom. The quantitative estimate of drug-likeness (QED) is 0.359. The van der Waals surface area contributed by atoms with Crippen LogP contribution in [-0.4, -0.2) is 18.5 Å². The number of unbranched alkanes of at least 4 members (excludes halogenated alkanes) is 3. The summed E-state index contributed by atoms with van der Waals surface area (Å²) in [5.41, 5.74) is 15.6. The molecule has 0 aromatic heterocycles. The van der Waals surface area contributed by atoms with Crippen LogP contribution >= 0.6 is 12.4 Å². The molecule has 0 aliphatic carbocycles. The number of nitrogens with two attached hydrogens (primary N) is 3. The summed E-state index contributed by atoms with van der Waals surface area (Å²) in [5.74, 6) is 0.117. The lowest BCUT2D eigenvalue weighted by molar-refractivity contribution is 0.674. The van der Waals surface area contributed by atoms with E-state index in [2.05, 4.69) is 16.9 Å². The molecule has 6 N–H and O–H groups in total. The van der Waals surface area contributed by atoms with Crippen LogP contribution in [0.25, 0.3) is 0 Å². The number of hydrogen-bond acceptors (Lipinski definition) is 1. The molecular formula is C8H20ClN5. The first-order chi connectivity index (χ1) is 6.16. The fraction of sp³-hybridized carbons (Fsp3) is 0.750. The van der Waals surface area contributed by atoms with E-state index in [1.807, 2.05) is 0 Å². The van der Waals surface area contributed by atoms with E-state index in [0.717, 1.165) is 6.42 Å². The smallest absolute Gasteiger partial charge is 0.218 e. The third-order valence-electron chi connectivity index (χ3n) is 1.53. The molecule has 0 radical (unpaired) electrons. The highest BCUT2D eigenvalue weighted by Crippen LogP contribution is 1.98. The standard InChI is InChI=1S/C8H19N5.ClH/c1-2-3-4-5-6-12-8(11)13-7(9)10;/h2-6H2,1H3,(H6,9,10,11,12,13);1H. The SMILES string of the molecule is CCCCCCN=C(N)N=C(N)N.Cl. The summed E-state index contributed by atoms with van der Waals surface area (Å²) in [6.45, 7) is 2.86. The Morgan fingerprint density at radius 1 is 1.07 bits per heavy atom. The summed E-state index contributed by atoms with van der Waals surface area (Å²) in [6.07, 6.45) is 4.66. The second-order valence-electron chi connectivity index (χ2n) is 2.84. The summed E-state index contributed by atoms with van der Waals surface area (Å²) in [6, 6.07) is 0. The number of halogens is 1. The van der Waals surface area contributed by atoms with Crippen molar-refractivity contribution in [2.45, 2.75) is 32.6 Å². The van der Waals surface area contributed by atoms with E-state index in [0.29, 0.717) is 6.54 Å². The van der Waals surface area contributed by atoms with Gasteiger partial charge in [-0.25, -0.2) is 0 Å². The summed E-state index contributed by atoms with van der Waals surface area (Å²) >= 11 is 0. The average Bonchev–Trinajstić information content (AvgIpc) is 2.02. The minimum Gasteiger partial charge on any atom is -0.370 e. The lowest BCUT2D eigenvalue weighted by atomic mass is 10.2. The normalized spacial score (nSPS) is 10.5. The molecule has 14 heavy (non-hydrogen) atoms. The fourth-order valence-electron chi connectivity index (χ4n) is 0.900. The van der Waals surface area contributed by atoms with Crippen molar-refractivity contribution in [1.29, 1.82) is 0 Å². The molecule has 84 valence electrons. The van der Waals surface area contributed by atoms with Crippen molar-refractivity contribution in [3.8, 4) is 0 Å². The van der Waals surface area contributed by atoms with Crippen molar-refractivity contribution in [2.24, 2.45) is 27.2 Å². The fourth-order valence-corrected chi connectivity index (χ4v) is 0.900. The second kappa shape index (κ2) is 10.1. The third-order valence-corrected chi connectivity index (χ3v) is 1.53. The Labute approximate surface area is 91.3 Å². The zero-order chi connectivity index (χ0) is 10.1. The highest BCUT2D eigenvalue weighted by Gasteiger charge is 1.89. The number of aliphatic imine (C=N–C) groups is 2. The molecule has 0 heterocycles. The topological polar surface area (TPSA) is 103 Å². The maximum atomic E-state index is 5.39. The predicted molar refractivity (Wildman–Crippen MR) is 63.7 cm³/mol. The Balaban J connectivity index is 0. The van der Waals surface area contributed by atoms with E-state index in [9.17, 15) is 0 Å². The van der Waals surface area contributed by atoms with Gasteiger partial charge >= 0.3 is 0 Å². The maximum absolute atomic E-state index is 5.39. The number of guanidine groups is 2. The monoisotopic (exact) mass is 221 g/mol. The lowest BCUT2D eigenvalue weighted by Gasteiger charge is -1.96. The van der Waals surface area contributed by atoms with Gasteiger partial charge in [-0.2, -0.15) is 4.99 Å². The van der Waals surface area contributed by atoms with E-state index in [1.54, 1.807) is 0 Å². The van der Waals surface area contributed by atoms with Crippen LogP contribution in [-0.2, 0) is 0 Å². The molecule has 0 bridgehead atoms. The van der Waals surface area contributed by atoms with Gasteiger partial charge in [-0.1, -0.05) is 26.2 Å². The van der Waals surface area contributed by atoms with Gasteiger partial charge in [0.15, 0.2) is 5.96 Å². The molecule has 0 aromatic rings. The van der Waals surface area contributed by atoms with Crippen molar-refractivity contribution in [3.05, 3.63) is 0 Å². The summed E-state index contributed by atoms with van der Waals surface area (Å²) < 4.78 is 0. The first-order valence-electron chi connectivity index (χ1n) is 4.56. The van der Waals surface area contributed by atoms with Gasteiger partial charge in [0.05, 0.1) is 0 Å². The van der Waals surface area contributed by atoms with Crippen molar-refractivity contribution < 1.29 is 0 Å². The minimum absolute atomic E-state index is 0. The molecule has 5 nitrogen and oxygen atoms in total. The number of hydrogen-bond donors (Lipinski definition) is 3. The van der Waals surface area contributed by atoms with Gasteiger partial charge in [0, 0.05) is 6.54 Å². The van der Waals surface area contributed by atoms with Crippen LogP contribution in [0.1, 0.15) is 32.6 Å². The van der Waals surface area contributed by atoms with E-state index >= 15 is 0 Å². The van der Waals surface area contributed by atoms with Crippen molar-refractivity contribution in [1.82, 2.24) is 0 Å². The van der Waals surface area contributed by atoms with Crippen LogP contribution in [0.2, 0.25) is 0 Å². The zero-order valence-corrected chi connectivity index (χ0v) is 9.39. The van der Waals surface area contributed by atoms with Gasteiger partial charge < -0.3 is 17.2 Å². The molecule has 0 amide bonds. The molecule has 0 spiro atoms. The average molecular weight is 222 g/mol. The Kier molecular flexibility index (Phi) is 11.2. The highest BCUT2D eigenvalue weighted by atomic mass is 35.5. The predicted octanol–water partition coefficient (Wildman–Crippen LogP) is 0.577. The molecule has 0 aromatic carbocycles. The number of nitrogens with zero attached hydrogens (tertiary/aromatic N) is 2. The van der Waals surface area contributed by atoms with E-state index < -0.39 is 0 Å². The number of rotatable bonds is 5. The van der Waals surface area contributed by atoms with Crippen molar-refractivity contribution in [2.75, 3.05) is 6.54 Å². The molecule has 0 aliphatic heterocycles. The van der Waals surface area contributed by atoms with Gasteiger partial charge in [0.25, 0.3) is 0 Å². The molecule has 0 unspecified atom stereocenters. The van der Waals surface area contributed by atoms with Crippen LogP contribution in [0, 0.1) is 0 Å². The van der Waals surface area contributed by atoms with Crippen LogP contribution in [0.3, 0.4) is 0 Å². The molecule has 0 saturated heterocycles. The zero-order valence-electron chi connectivity index (χ0n) is 8.57. The summed E-state index contributed by atoms with van der Waals surface area (Å²) in [4.78, 5) is 7.58. The van der Waals surface area contributed by atoms with Gasteiger partial charge in [-0.05, 0) is 6.42 Å². The Hall–Kier alpha value is -0.970. The van der Waals surface area contributed by atoms with Crippen LogP contribution in [0.5, 0.6) is 0 Å².